The molecule has 1 saturated carbocycles. The normalized spacial score (nSPS) is 20.3. The Morgan fingerprint density at radius 2 is 1.62 bits per heavy atom. The van der Waals surface area contributed by atoms with E-state index in [0.29, 0.717) is 25.3 Å². The largest absolute Gasteiger partial charge is 0.381 e. The lowest BCUT2D eigenvalue weighted by Gasteiger charge is -2.29. The quantitative estimate of drug-likeness (QED) is 0.0630. The van der Waals surface area contributed by atoms with Crippen LogP contribution >= 0.6 is 11.3 Å². The minimum atomic E-state index is -0.675. The van der Waals surface area contributed by atoms with Gasteiger partial charge in [-0.2, -0.15) is 0 Å². The van der Waals surface area contributed by atoms with Crippen molar-refractivity contribution >= 4 is 72.7 Å². The predicted molar refractivity (Wildman–Crippen MR) is 250 cm³/mol. The van der Waals surface area contributed by atoms with Gasteiger partial charge in [-0.05, 0) is 106 Å². The third kappa shape index (κ3) is 8.89. The molecule has 328 valence electrons. The van der Waals surface area contributed by atoms with Crippen molar-refractivity contribution in [1.29, 1.82) is 0 Å². The second kappa shape index (κ2) is 18.5. The number of nitrogens with one attached hydrogen (secondary N) is 4. The molecule has 1 unspecified atom stereocenters. The summed E-state index contributed by atoms with van der Waals surface area (Å²) < 4.78 is 4.27. The zero-order valence-corrected chi connectivity index (χ0v) is 37.1. The molecule has 3 aromatic heterocycles. The number of unbranched alkanes of at least 4 members (excludes halogenated alkanes) is 6. The van der Waals surface area contributed by atoms with Gasteiger partial charge in [0.1, 0.15) is 10.9 Å². The SMILES string of the molecule is C[C@@H]1CNc2c(sc3ccc4nc(-c5ccc(C6CCC(NC(=O)CCCCCCCCCc7cccc8c7n(C)c(=O)n8C7CCC(=O)NC7=O)CC6)cc5)ccc4c23)C(=O)N1. The molecule has 0 spiro atoms. The lowest BCUT2D eigenvalue weighted by Crippen LogP contribution is -2.44. The zero-order valence-electron chi connectivity index (χ0n) is 36.3. The van der Waals surface area contributed by atoms with E-state index in [1.807, 2.05) is 19.1 Å². The summed E-state index contributed by atoms with van der Waals surface area (Å²) >= 11 is 1.53. The first-order valence-corrected chi connectivity index (χ1v) is 23.8. The summed E-state index contributed by atoms with van der Waals surface area (Å²) in [5, 5.41) is 14.4. The number of para-hydroxylation sites is 1. The summed E-state index contributed by atoms with van der Waals surface area (Å²) in [5.74, 6) is -0.0671. The minimum absolute atomic E-state index is 0.0215. The highest BCUT2D eigenvalue weighted by Gasteiger charge is 2.32. The Morgan fingerprint density at radius 1 is 0.857 bits per heavy atom. The summed E-state index contributed by atoms with van der Waals surface area (Å²) in [6.45, 7) is 2.69. The maximum Gasteiger partial charge on any atom is 0.329 e. The number of thiophene rings is 1. The molecule has 5 heterocycles. The Hall–Kier alpha value is -5.82. The van der Waals surface area contributed by atoms with Crippen LogP contribution < -0.4 is 27.0 Å². The molecule has 0 bridgehead atoms. The van der Waals surface area contributed by atoms with Gasteiger partial charge in [0.25, 0.3) is 5.91 Å². The van der Waals surface area contributed by atoms with Crippen molar-refractivity contribution in [1.82, 2.24) is 30.1 Å². The summed E-state index contributed by atoms with van der Waals surface area (Å²) in [6.07, 6.45) is 13.6. The predicted octanol–water partition coefficient (Wildman–Crippen LogP) is 8.80. The van der Waals surface area contributed by atoms with E-state index in [1.165, 1.54) is 16.9 Å². The van der Waals surface area contributed by atoms with Crippen molar-refractivity contribution in [3.63, 3.8) is 0 Å². The fourth-order valence-corrected chi connectivity index (χ4v) is 11.2. The number of amides is 4. The van der Waals surface area contributed by atoms with Crippen molar-refractivity contribution in [2.24, 2.45) is 7.05 Å². The smallest absolute Gasteiger partial charge is 0.329 e. The van der Waals surface area contributed by atoms with E-state index in [1.54, 1.807) is 16.2 Å². The molecular formula is C50H57N7O5S. The van der Waals surface area contributed by atoms with Gasteiger partial charge < -0.3 is 16.0 Å². The van der Waals surface area contributed by atoms with E-state index in [4.69, 9.17) is 4.98 Å². The van der Waals surface area contributed by atoms with Crippen molar-refractivity contribution in [3.8, 4) is 11.3 Å². The number of aromatic nitrogens is 3. The minimum Gasteiger partial charge on any atom is -0.381 e. The van der Waals surface area contributed by atoms with Crippen LogP contribution in [0.25, 0.3) is 43.3 Å². The molecule has 13 heteroatoms. The third-order valence-electron chi connectivity index (χ3n) is 13.5. The van der Waals surface area contributed by atoms with Crippen molar-refractivity contribution < 1.29 is 19.2 Å². The van der Waals surface area contributed by atoms with Crippen LogP contribution in [0.3, 0.4) is 0 Å². The number of fused-ring (bicyclic) bond motifs is 6. The summed E-state index contributed by atoms with van der Waals surface area (Å²) in [4.78, 5) is 69.0. The van der Waals surface area contributed by atoms with E-state index >= 15 is 0 Å². The van der Waals surface area contributed by atoms with Crippen molar-refractivity contribution in [2.45, 2.75) is 127 Å². The number of nitrogens with zero attached hydrogens (tertiary/aromatic N) is 3. The first-order valence-electron chi connectivity index (χ1n) is 23.0. The van der Waals surface area contributed by atoms with Crippen LogP contribution in [-0.4, -0.2) is 56.4 Å². The topological polar surface area (TPSA) is 156 Å². The highest BCUT2D eigenvalue weighted by atomic mass is 32.1. The average molecular weight is 868 g/mol. The van der Waals surface area contributed by atoms with Crippen LogP contribution in [0.1, 0.15) is 130 Å². The van der Waals surface area contributed by atoms with Gasteiger partial charge in [-0.1, -0.05) is 68.5 Å². The van der Waals surface area contributed by atoms with Gasteiger partial charge >= 0.3 is 5.69 Å². The van der Waals surface area contributed by atoms with Crippen LogP contribution in [0.5, 0.6) is 0 Å². The molecule has 2 aliphatic heterocycles. The number of anilines is 1. The molecule has 1 saturated heterocycles. The van der Waals surface area contributed by atoms with Crippen LogP contribution in [0.2, 0.25) is 0 Å². The molecule has 4 amide bonds. The molecule has 6 aromatic rings. The van der Waals surface area contributed by atoms with E-state index < -0.39 is 11.9 Å². The number of imidazole rings is 1. The molecule has 12 nitrogen and oxygen atoms in total. The lowest BCUT2D eigenvalue weighted by molar-refractivity contribution is -0.135. The maximum absolute atomic E-state index is 13.2. The average Bonchev–Trinajstić information content (AvgIpc) is 3.74. The number of aryl methyl sites for hydroxylation is 2. The molecule has 4 N–H and O–H groups in total. The van der Waals surface area contributed by atoms with Gasteiger partial charge in [0.05, 0.1) is 27.9 Å². The Kier molecular flexibility index (Phi) is 12.5. The summed E-state index contributed by atoms with van der Waals surface area (Å²) in [6, 6.07) is 22.7. The number of carbonyl (C=O) groups is 4. The fourth-order valence-electron chi connectivity index (χ4n) is 10.1. The third-order valence-corrected chi connectivity index (χ3v) is 14.7. The van der Waals surface area contributed by atoms with Crippen LogP contribution in [-0.2, 0) is 27.9 Å². The van der Waals surface area contributed by atoms with Gasteiger partial charge in [-0.3, -0.25) is 33.6 Å². The van der Waals surface area contributed by atoms with Crippen LogP contribution in [0.4, 0.5) is 5.69 Å². The van der Waals surface area contributed by atoms with Crippen molar-refractivity contribution in [3.05, 3.63) is 93.2 Å². The van der Waals surface area contributed by atoms with Gasteiger partial charge in [-0.15, -0.1) is 11.3 Å². The number of piperidine rings is 1. The van der Waals surface area contributed by atoms with E-state index in [2.05, 4.69) is 75.9 Å². The number of hydrogen-bond donors (Lipinski definition) is 4. The van der Waals surface area contributed by atoms with Crippen molar-refractivity contribution in [2.75, 3.05) is 11.9 Å². The standard InChI is InChI=1S/C50H57N7O5S/c1-30-29-51-45-44-36-23-24-37(54-38(36)25-27-41(44)63-47(45)49(61)52-30)33-17-15-31(16-18-33)32-19-21-35(22-20-32)53-42(58)14-9-7-5-3-4-6-8-11-34-12-10-13-39-46(34)56(2)50(62)57(39)40-26-28-43(59)55-48(40)60/h10,12-13,15-18,23-25,27,30,32,35,40,51H,3-9,11,14,19-22,26,28-29H2,1-2H3,(H,52,61)(H,53,58)(H,55,59,60)/t30-,32?,35?,40?/m1/s1. The fraction of sp³-hybridized carbons (Fsp3) is 0.440. The molecule has 0 radical (unpaired) electrons. The maximum atomic E-state index is 13.2. The first-order chi connectivity index (χ1) is 30.6. The molecule has 1 aliphatic carbocycles. The lowest BCUT2D eigenvalue weighted by atomic mass is 9.81. The monoisotopic (exact) mass is 867 g/mol. The Morgan fingerprint density at radius 3 is 2.40 bits per heavy atom. The Bertz CT molecular complexity index is 2760. The van der Waals surface area contributed by atoms with Gasteiger partial charge in [0, 0.05) is 59.6 Å². The highest BCUT2D eigenvalue weighted by molar-refractivity contribution is 7.21. The second-order valence-electron chi connectivity index (χ2n) is 17.9. The number of carbonyl (C=O) groups excluding carboxylic acids is 4. The van der Waals surface area contributed by atoms with E-state index in [9.17, 15) is 24.0 Å². The Balaban J connectivity index is 0.678. The molecular weight excluding hydrogens is 811 g/mol. The van der Waals surface area contributed by atoms with Gasteiger partial charge in [-0.25, -0.2) is 9.78 Å². The molecule has 2 atom stereocenters. The van der Waals surface area contributed by atoms with Gasteiger partial charge in [0.15, 0.2) is 0 Å². The zero-order chi connectivity index (χ0) is 43.6. The number of imide groups is 1. The van der Waals surface area contributed by atoms with E-state index in [0.717, 1.165) is 136 Å². The number of rotatable bonds is 14. The highest BCUT2D eigenvalue weighted by Crippen LogP contribution is 2.41. The van der Waals surface area contributed by atoms with Crippen LogP contribution in [0, 0.1) is 0 Å². The van der Waals surface area contributed by atoms with Crippen LogP contribution in [0.15, 0.2) is 71.5 Å². The second-order valence-corrected chi connectivity index (χ2v) is 19.0. The summed E-state index contributed by atoms with van der Waals surface area (Å²) in [7, 11) is 1.76. The van der Waals surface area contributed by atoms with E-state index in [-0.39, 0.29) is 41.9 Å². The number of benzene rings is 3. The molecule has 9 rings (SSSR count). The molecule has 3 aromatic carbocycles. The number of pyridine rings is 1. The summed E-state index contributed by atoms with van der Waals surface area (Å²) in [5.41, 5.74) is 7.66. The van der Waals surface area contributed by atoms with Gasteiger partial charge in [0.2, 0.25) is 17.7 Å². The molecule has 63 heavy (non-hydrogen) atoms. The molecule has 2 fully saturated rings. The first kappa shape index (κ1) is 42.5. The Labute approximate surface area is 371 Å². The number of hydrogen-bond acceptors (Lipinski definition) is 8. The molecule has 3 aliphatic rings.